The largest absolute Gasteiger partial charge is 0.514 e. The van der Waals surface area contributed by atoms with Gasteiger partial charge in [0.15, 0.2) is 6.61 Å². The highest BCUT2D eigenvalue weighted by Crippen LogP contribution is 2.38. The van der Waals surface area contributed by atoms with Crippen LogP contribution in [0.5, 0.6) is 0 Å². The van der Waals surface area contributed by atoms with Crippen LogP contribution in [0, 0.1) is 0 Å². The van der Waals surface area contributed by atoms with E-state index in [1.165, 1.54) is 13.8 Å². The molecule has 3 aliphatic rings. The zero-order chi connectivity index (χ0) is 21.8. The molecule has 0 saturated carbocycles. The Morgan fingerprint density at radius 2 is 1.39 bits per heavy atom. The van der Waals surface area contributed by atoms with Crippen molar-refractivity contribution in [1.82, 2.24) is 0 Å². The molecule has 3 rings (SSSR count). The molecule has 0 aliphatic carbocycles. The number of rotatable bonds is 2. The predicted octanol–water partition coefficient (Wildman–Crippen LogP) is 3.63. The van der Waals surface area contributed by atoms with Gasteiger partial charge in [0.25, 0.3) is 6.36 Å². The average Bonchev–Trinajstić information content (AvgIpc) is 3.09. The maximum absolute atomic E-state index is 12.9. The topological polar surface area (TPSA) is 107 Å². The first-order chi connectivity index (χ1) is 12.6. The Kier molecular flexibility index (Phi) is 7.32. The Morgan fingerprint density at radius 3 is 1.61 bits per heavy atom. The van der Waals surface area contributed by atoms with Gasteiger partial charge in [-0.2, -0.15) is 13.2 Å². The lowest BCUT2D eigenvalue weighted by Gasteiger charge is -2.19. The third-order valence-corrected chi connectivity index (χ3v) is 3.27. The van der Waals surface area contributed by atoms with Crippen LogP contribution >= 0.6 is 0 Å². The summed E-state index contributed by atoms with van der Waals surface area (Å²) in [4.78, 5) is 30.3. The zero-order valence-electron chi connectivity index (χ0n) is 15.5. The van der Waals surface area contributed by atoms with Gasteiger partial charge >= 0.3 is 30.2 Å². The van der Waals surface area contributed by atoms with E-state index < -0.39 is 48.3 Å². The van der Waals surface area contributed by atoms with Crippen molar-refractivity contribution in [2.75, 3.05) is 13.2 Å². The van der Waals surface area contributed by atoms with Crippen LogP contribution in [0.2, 0.25) is 0 Å². The van der Waals surface area contributed by atoms with E-state index in [-0.39, 0.29) is 19.6 Å². The molecule has 4 unspecified atom stereocenters. The summed E-state index contributed by atoms with van der Waals surface area (Å²) in [5, 5.41) is 0. The van der Waals surface area contributed by atoms with Gasteiger partial charge in [0.2, 0.25) is 0 Å². The molecule has 9 nitrogen and oxygen atoms in total. The fourth-order valence-electron chi connectivity index (χ4n) is 1.83. The predicted molar refractivity (Wildman–Crippen MR) is 79.9 cm³/mol. The summed E-state index contributed by atoms with van der Waals surface area (Å²) in [5.74, 6) is -5.35. The molecular weight excluding hydrogens is 400 g/mol. The van der Waals surface area contributed by atoms with Gasteiger partial charge in [0.05, 0.1) is 0 Å². The maximum Gasteiger partial charge on any atom is 0.514 e. The van der Waals surface area contributed by atoms with Gasteiger partial charge in [0, 0.05) is 20.3 Å². The fourth-order valence-corrected chi connectivity index (χ4v) is 1.83. The van der Waals surface area contributed by atoms with E-state index in [9.17, 15) is 31.9 Å². The molecule has 0 aromatic rings. The maximum atomic E-state index is 12.9. The lowest BCUT2D eigenvalue weighted by atomic mass is 10.0. The average molecular weight is 420 g/mol. The van der Waals surface area contributed by atoms with Crippen LogP contribution in [0.3, 0.4) is 0 Å². The molecular formula is C15H20F4O9. The van der Waals surface area contributed by atoms with Crippen LogP contribution in [0.25, 0.3) is 0 Å². The van der Waals surface area contributed by atoms with Crippen molar-refractivity contribution in [1.29, 1.82) is 0 Å². The summed E-state index contributed by atoms with van der Waals surface area (Å²) in [6, 6.07) is 0. The van der Waals surface area contributed by atoms with Gasteiger partial charge in [-0.3, -0.25) is 0 Å². The van der Waals surface area contributed by atoms with Crippen molar-refractivity contribution in [3.05, 3.63) is 0 Å². The molecule has 3 saturated heterocycles. The van der Waals surface area contributed by atoms with E-state index in [2.05, 4.69) is 28.4 Å². The van der Waals surface area contributed by atoms with Crippen LogP contribution in [-0.4, -0.2) is 61.5 Å². The summed E-state index contributed by atoms with van der Waals surface area (Å²) in [7, 11) is 0. The normalized spacial score (nSPS) is 33.6. The van der Waals surface area contributed by atoms with Crippen LogP contribution < -0.4 is 0 Å². The van der Waals surface area contributed by atoms with Crippen molar-refractivity contribution in [2.24, 2.45) is 0 Å². The fraction of sp³-hybridized carbons (Fsp3) is 0.800. The molecule has 0 spiro atoms. The van der Waals surface area contributed by atoms with E-state index >= 15 is 0 Å². The number of carbonyl (C=O) groups excluding carboxylic acids is 3. The quantitative estimate of drug-likeness (QED) is 0.376. The monoisotopic (exact) mass is 420 g/mol. The molecule has 0 bridgehead atoms. The number of hydrogen-bond donors (Lipinski definition) is 0. The smallest absolute Gasteiger partial charge is 0.430 e. The van der Waals surface area contributed by atoms with Gasteiger partial charge in [0.1, 0.15) is 18.4 Å². The SMILES string of the molecule is CC(C)(F)CC1COC(=O)O1.CC1(F)OC(=O)OC1(C)F.O=C1OCC(F)O1. The molecule has 28 heavy (non-hydrogen) atoms. The van der Waals surface area contributed by atoms with Crippen molar-refractivity contribution >= 4 is 18.5 Å². The standard InChI is InChI=1S/C7H11FO3.C5H6F2O3.C3H3FO3/c1-7(2,8)3-5-4-10-6(9)11-5;1-4(6)5(2,7)10-3(8)9-4;4-2-1-6-3(5)7-2/h5H,3-4H2,1-2H3;1-2H3;2H,1H2. The summed E-state index contributed by atoms with van der Waals surface area (Å²) < 4.78 is 74.6. The number of halogens is 4. The second-order valence-electron chi connectivity index (χ2n) is 6.60. The van der Waals surface area contributed by atoms with E-state index in [0.717, 1.165) is 13.8 Å². The molecule has 3 heterocycles. The van der Waals surface area contributed by atoms with Crippen LogP contribution in [0.4, 0.5) is 31.9 Å². The highest BCUT2D eigenvalue weighted by molar-refractivity contribution is 5.63. The van der Waals surface area contributed by atoms with E-state index in [1.807, 2.05) is 0 Å². The molecule has 4 atom stereocenters. The molecule has 0 aromatic heterocycles. The van der Waals surface area contributed by atoms with Crippen LogP contribution in [0.15, 0.2) is 0 Å². The molecule has 3 fully saturated rings. The first-order valence-electron chi connectivity index (χ1n) is 7.91. The van der Waals surface area contributed by atoms with Gasteiger partial charge in [-0.25, -0.2) is 18.8 Å². The number of cyclic esters (lactones) is 6. The first kappa shape index (κ1) is 23.6. The van der Waals surface area contributed by atoms with Crippen molar-refractivity contribution in [3.8, 4) is 0 Å². The second-order valence-corrected chi connectivity index (χ2v) is 6.60. The zero-order valence-corrected chi connectivity index (χ0v) is 15.5. The van der Waals surface area contributed by atoms with Crippen LogP contribution in [0.1, 0.15) is 34.1 Å². The van der Waals surface area contributed by atoms with Crippen molar-refractivity contribution < 1.29 is 60.4 Å². The Morgan fingerprint density at radius 1 is 0.929 bits per heavy atom. The first-order valence-corrected chi connectivity index (χ1v) is 7.91. The lowest BCUT2D eigenvalue weighted by molar-refractivity contribution is -0.191. The van der Waals surface area contributed by atoms with Crippen molar-refractivity contribution in [3.63, 3.8) is 0 Å². The van der Waals surface area contributed by atoms with Gasteiger partial charge < -0.3 is 28.4 Å². The lowest BCUT2D eigenvalue weighted by Crippen LogP contribution is -2.39. The van der Waals surface area contributed by atoms with E-state index in [1.54, 1.807) is 0 Å². The number of carbonyl (C=O) groups is 3. The second kappa shape index (κ2) is 8.69. The van der Waals surface area contributed by atoms with Gasteiger partial charge in [-0.1, -0.05) is 0 Å². The van der Waals surface area contributed by atoms with E-state index in [4.69, 9.17) is 0 Å². The number of hydrogen-bond acceptors (Lipinski definition) is 9. The summed E-state index contributed by atoms with van der Waals surface area (Å²) in [6.07, 6.45) is -4.71. The summed E-state index contributed by atoms with van der Waals surface area (Å²) >= 11 is 0. The minimum atomic E-state index is -2.68. The Labute approximate surface area is 157 Å². The number of alkyl halides is 4. The van der Waals surface area contributed by atoms with E-state index in [0.29, 0.717) is 0 Å². The minimum Gasteiger partial charge on any atom is -0.430 e. The molecule has 3 aliphatic heterocycles. The summed E-state index contributed by atoms with van der Waals surface area (Å²) in [6.45, 7) is 4.37. The Hall–Kier alpha value is -2.47. The molecule has 162 valence electrons. The molecule has 0 aromatic carbocycles. The molecule has 13 heteroatoms. The number of ether oxygens (including phenoxy) is 6. The van der Waals surface area contributed by atoms with Gasteiger partial charge in [-0.05, 0) is 13.8 Å². The third kappa shape index (κ3) is 7.64. The van der Waals surface area contributed by atoms with Crippen LogP contribution in [-0.2, 0) is 28.4 Å². The highest BCUT2D eigenvalue weighted by atomic mass is 19.2. The Bertz CT molecular complexity index is 571. The van der Waals surface area contributed by atoms with Crippen molar-refractivity contribution in [2.45, 2.75) is 64.0 Å². The molecule has 0 N–H and O–H groups in total. The molecule has 0 radical (unpaired) electrons. The minimum absolute atomic E-state index is 0.173. The third-order valence-electron chi connectivity index (χ3n) is 3.27. The molecule has 0 amide bonds. The Balaban J connectivity index is 0.000000215. The highest BCUT2D eigenvalue weighted by Gasteiger charge is 2.59. The summed E-state index contributed by atoms with van der Waals surface area (Å²) in [5.41, 5.74) is -1.31. The van der Waals surface area contributed by atoms with Gasteiger partial charge in [-0.15, -0.1) is 0 Å².